The lowest BCUT2D eigenvalue weighted by Crippen LogP contribution is -2.27. The van der Waals surface area contributed by atoms with Crippen LogP contribution in [0.1, 0.15) is 20.8 Å². The third kappa shape index (κ3) is 4.04. The van der Waals surface area contributed by atoms with E-state index in [9.17, 15) is 0 Å². The Morgan fingerprint density at radius 3 is 2.67 bits per heavy atom. The topological polar surface area (TPSA) is 97.8 Å². The zero-order chi connectivity index (χ0) is 15.2. The Hall–Kier alpha value is -2.38. The van der Waals surface area contributed by atoms with Gasteiger partial charge in [0.15, 0.2) is 0 Å². The molecule has 114 valence electrons. The Morgan fingerprint density at radius 2 is 2.05 bits per heavy atom. The Kier molecular flexibility index (Phi) is 4.91. The van der Waals surface area contributed by atoms with Crippen molar-refractivity contribution in [3.8, 4) is 0 Å². The highest BCUT2D eigenvalue weighted by atomic mass is 15.3. The Bertz CT molecular complexity index is 549. The van der Waals surface area contributed by atoms with E-state index in [0.717, 1.165) is 19.6 Å². The maximum absolute atomic E-state index is 5.77. The number of nitrogen functional groups attached to an aromatic ring is 1. The van der Waals surface area contributed by atoms with Crippen LogP contribution < -0.4 is 16.0 Å². The molecule has 0 aliphatic heterocycles. The minimum Gasteiger partial charge on any atom is -0.368 e. The summed E-state index contributed by atoms with van der Waals surface area (Å²) in [6, 6.07) is 2.02. The van der Waals surface area contributed by atoms with E-state index in [4.69, 9.17) is 5.73 Å². The van der Waals surface area contributed by atoms with Crippen molar-refractivity contribution in [1.82, 2.24) is 24.7 Å². The van der Waals surface area contributed by atoms with Crippen LogP contribution in [0.2, 0.25) is 0 Å². The van der Waals surface area contributed by atoms with Crippen molar-refractivity contribution in [2.24, 2.45) is 0 Å². The van der Waals surface area contributed by atoms with Gasteiger partial charge in [0.05, 0.1) is 6.54 Å². The van der Waals surface area contributed by atoms with Gasteiger partial charge in [0.25, 0.3) is 0 Å². The second kappa shape index (κ2) is 6.87. The van der Waals surface area contributed by atoms with Gasteiger partial charge in [-0.3, -0.25) is 4.68 Å². The fourth-order valence-electron chi connectivity index (χ4n) is 2.05. The molecule has 8 heteroatoms. The van der Waals surface area contributed by atoms with Crippen LogP contribution in [-0.4, -0.2) is 43.9 Å². The highest BCUT2D eigenvalue weighted by molar-refractivity contribution is 5.42. The average molecular weight is 290 g/mol. The van der Waals surface area contributed by atoms with E-state index in [0.29, 0.717) is 11.9 Å². The smallest absolute Gasteiger partial charge is 0.231 e. The standard InChI is InChI=1S/C13H22N8/c1-4-20(5-2)13-18-11(14)17-12(19-13)16-10(3)9-21-8-6-7-15-21/h6-8,10H,4-5,9H2,1-3H3,(H3,14,16,17,18,19). The van der Waals surface area contributed by atoms with Crippen molar-refractivity contribution in [2.45, 2.75) is 33.4 Å². The van der Waals surface area contributed by atoms with Gasteiger partial charge in [-0.2, -0.15) is 20.1 Å². The van der Waals surface area contributed by atoms with E-state index in [1.54, 1.807) is 6.20 Å². The summed E-state index contributed by atoms with van der Waals surface area (Å²) in [4.78, 5) is 14.8. The number of nitrogens with two attached hydrogens (primary N) is 1. The molecule has 0 aliphatic rings. The molecule has 0 aromatic carbocycles. The van der Waals surface area contributed by atoms with Gasteiger partial charge in [-0.1, -0.05) is 0 Å². The number of nitrogens with zero attached hydrogens (tertiary/aromatic N) is 6. The Morgan fingerprint density at radius 1 is 1.29 bits per heavy atom. The molecule has 0 amide bonds. The molecule has 2 aromatic rings. The molecule has 2 aromatic heterocycles. The second-order valence-electron chi connectivity index (χ2n) is 4.76. The van der Waals surface area contributed by atoms with Gasteiger partial charge in [-0.05, 0) is 26.8 Å². The fourth-order valence-corrected chi connectivity index (χ4v) is 2.05. The van der Waals surface area contributed by atoms with Gasteiger partial charge in [0, 0.05) is 31.5 Å². The number of aromatic nitrogens is 5. The lowest BCUT2D eigenvalue weighted by molar-refractivity contribution is 0.558. The number of nitrogens with one attached hydrogen (secondary N) is 1. The maximum atomic E-state index is 5.77. The van der Waals surface area contributed by atoms with Crippen molar-refractivity contribution in [3.05, 3.63) is 18.5 Å². The van der Waals surface area contributed by atoms with Gasteiger partial charge in [0.2, 0.25) is 17.8 Å². The first-order chi connectivity index (χ1) is 10.1. The predicted molar refractivity (Wildman–Crippen MR) is 83.1 cm³/mol. The molecule has 0 saturated carbocycles. The number of hydrogen-bond donors (Lipinski definition) is 2. The molecule has 2 heterocycles. The van der Waals surface area contributed by atoms with Crippen molar-refractivity contribution in [2.75, 3.05) is 29.0 Å². The summed E-state index contributed by atoms with van der Waals surface area (Å²) in [6.45, 7) is 8.51. The predicted octanol–water partition coefficient (Wildman–Crippen LogP) is 0.997. The van der Waals surface area contributed by atoms with Crippen molar-refractivity contribution in [3.63, 3.8) is 0 Å². The summed E-state index contributed by atoms with van der Waals surface area (Å²) < 4.78 is 1.85. The van der Waals surface area contributed by atoms with Crippen LogP contribution in [0, 0.1) is 0 Å². The van der Waals surface area contributed by atoms with Gasteiger partial charge in [-0.25, -0.2) is 0 Å². The lowest BCUT2D eigenvalue weighted by Gasteiger charge is -2.20. The van der Waals surface area contributed by atoms with Crippen LogP contribution in [0.4, 0.5) is 17.8 Å². The third-order valence-corrected chi connectivity index (χ3v) is 3.08. The quantitative estimate of drug-likeness (QED) is 0.785. The number of anilines is 3. The third-order valence-electron chi connectivity index (χ3n) is 3.08. The van der Waals surface area contributed by atoms with E-state index in [1.165, 1.54) is 0 Å². The van der Waals surface area contributed by atoms with Crippen molar-refractivity contribution in [1.29, 1.82) is 0 Å². The molecule has 8 nitrogen and oxygen atoms in total. The summed E-state index contributed by atoms with van der Waals surface area (Å²) in [6.07, 6.45) is 3.67. The second-order valence-corrected chi connectivity index (χ2v) is 4.76. The van der Waals surface area contributed by atoms with Gasteiger partial charge >= 0.3 is 0 Å². The first-order valence-corrected chi connectivity index (χ1v) is 7.12. The first-order valence-electron chi connectivity index (χ1n) is 7.12. The van der Waals surface area contributed by atoms with Crippen LogP contribution in [0.15, 0.2) is 18.5 Å². The normalized spacial score (nSPS) is 12.1. The summed E-state index contributed by atoms with van der Waals surface area (Å²) in [5, 5.41) is 7.41. The molecule has 1 unspecified atom stereocenters. The molecule has 2 rings (SSSR count). The van der Waals surface area contributed by atoms with E-state index >= 15 is 0 Å². The first kappa shape index (κ1) is 15.0. The summed E-state index contributed by atoms with van der Waals surface area (Å²) in [5.41, 5.74) is 5.77. The average Bonchev–Trinajstić information content (AvgIpc) is 2.92. The molecule has 0 fully saturated rings. The Balaban J connectivity index is 2.08. The monoisotopic (exact) mass is 290 g/mol. The Labute approximate surface area is 124 Å². The molecule has 21 heavy (non-hydrogen) atoms. The fraction of sp³-hybridized carbons (Fsp3) is 0.538. The van der Waals surface area contributed by atoms with E-state index in [1.807, 2.05) is 28.8 Å². The van der Waals surface area contributed by atoms with Crippen LogP contribution in [-0.2, 0) is 6.54 Å². The molecule has 3 N–H and O–H groups in total. The zero-order valence-corrected chi connectivity index (χ0v) is 12.7. The highest BCUT2D eigenvalue weighted by Crippen LogP contribution is 2.12. The van der Waals surface area contributed by atoms with Crippen LogP contribution in [0.5, 0.6) is 0 Å². The molecule has 1 atom stereocenters. The molecular weight excluding hydrogens is 268 g/mol. The summed E-state index contributed by atoms with van der Waals surface area (Å²) in [7, 11) is 0. The van der Waals surface area contributed by atoms with Gasteiger partial charge in [0.1, 0.15) is 0 Å². The highest BCUT2D eigenvalue weighted by Gasteiger charge is 2.11. The minimum absolute atomic E-state index is 0.122. The lowest BCUT2D eigenvalue weighted by atomic mass is 10.3. The van der Waals surface area contributed by atoms with Gasteiger partial charge < -0.3 is 16.0 Å². The van der Waals surface area contributed by atoms with E-state index in [-0.39, 0.29) is 12.0 Å². The van der Waals surface area contributed by atoms with Crippen molar-refractivity contribution < 1.29 is 0 Å². The summed E-state index contributed by atoms with van der Waals surface area (Å²) >= 11 is 0. The van der Waals surface area contributed by atoms with E-state index in [2.05, 4.69) is 39.2 Å². The number of hydrogen-bond acceptors (Lipinski definition) is 7. The van der Waals surface area contributed by atoms with Gasteiger partial charge in [-0.15, -0.1) is 0 Å². The largest absolute Gasteiger partial charge is 0.368 e. The minimum atomic E-state index is 0.122. The molecule has 0 spiro atoms. The van der Waals surface area contributed by atoms with E-state index < -0.39 is 0 Å². The molecule has 0 saturated heterocycles. The van der Waals surface area contributed by atoms with Crippen molar-refractivity contribution >= 4 is 17.8 Å². The van der Waals surface area contributed by atoms with Crippen LogP contribution >= 0.6 is 0 Å². The zero-order valence-electron chi connectivity index (χ0n) is 12.7. The van der Waals surface area contributed by atoms with Crippen LogP contribution in [0.3, 0.4) is 0 Å². The maximum Gasteiger partial charge on any atom is 0.231 e. The molecule has 0 aliphatic carbocycles. The summed E-state index contributed by atoms with van der Waals surface area (Å²) in [5.74, 6) is 1.31. The molecule has 0 bridgehead atoms. The van der Waals surface area contributed by atoms with Crippen LogP contribution in [0.25, 0.3) is 0 Å². The molecule has 0 radical (unpaired) electrons. The SMILES string of the molecule is CCN(CC)c1nc(N)nc(NC(C)Cn2cccn2)n1. The number of rotatable bonds is 7. The molecular formula is C13H22N8.